The van der Waals surface area contributed by atoms with Crippen LogP contribution < -0.4 is 9.47 Å². The lowest BCUT2D eigenvalue weighted by Crippen LogP contribution is -2.05. The van der Waals surface area contributed by atoms with E-state index in [0.29, 0.717) is 11.5 Å². The van der Waals surface area contributed by atoms with Gasteiger partial charge in [-0.1, -0.05) is 0 Å². The molecule has 0 aromatic heterocycles. The summed E-state index contributed by atoms with van der Waals surface area (Å²) in [5, 5.41) is 0. The molecular weight excluding hydrogens is 222 g/mol. The van der Waals surface area contributed by atoms with Crippen LogP contribution in [0, 0.1) is 6.57 Å². The number of nitrogens with zero attached hydrogens (tertiary/aromatic N) is 1. The summed E-state index contributed by atoms with van der Waals surface area (Å²) in [6.07, 6.45) is 0.0413. The smallest absolute Gasteiger partial charge is 0.313 e. The lowest BCUT2D eigenvalue weighted by atomic mass is 10.0. The molecule has 88 valence electrons. The Hall–Kier alpha value is -2.22. The van der Waals surface area contributed by atoms with Crippen LogP contribution in [0.3, 0.4) is 0 Å². The molecule has 1 aliphatic rings. The van der Waals surface area contributed by atoms with Gasteiger partial charge < -0.3 is 19.1 Å². The Balaban J connectivity index is 2.20. The Labute approximate surface area is 98.7 Å². The third-order valence-corrected chi connectivity index (χ3v) is 2.52. The van der Waals surface area contributed by atoms with E-state index >= 15 is 0 Å². The number of ether oxygens (including phenoxy) is 3. The molecule has 1 aliphatic heterocycles. The van der Waals surface area contributed by atoms with E-state index in [-0.39, 0.29) is 13.2 Å². The van der Waals surface area contributed by atoms with Crippen LogP contribution in [0.15, 0.2) is 18.2 Å². The average molecular weight is 233 g/mol. The Bertz CT molecular complexity index is 478. The first kappa shape index (κ1) is 11.3. The molecule has 1 aromatic rings. The van der Waals surface area contributed by atoms with Gasteiger partial charge in [0.15, 0.2) is 11.5 Å². The Morgan fingerprint density at radius 2 is 2.29 bits per heavy atom. The Morgan fingerprint density at radius 1 is 1.53 bits per heavy atom. The second-order valence-electron chi connectivity index (χ2n) is 3.54. The van der Waals surface area contributed by atoms with Gasteiger partial charge in [-0.2, -0.15) is 0 Å². The molecule has 0 fully saturated rings. The fourth-order valence-corrected chi connectivity index (χ4v) is 1.60. The fraction of sp³-hybridized carbons (Fsp3) is 0.333. The molecule has 0 spiro atoms. The number of carbonyl (C=O) groups is 1. The molecule has 17 heavy (non-hydrogen) atoms. The maximum atomic E-state index is 11.2. The van der Waals surface area contributed by atoms with Crippen LogP contribution in [-0.4, -0.2) is 19.9 Å². The van der Waals surface area contributed by atoms with E-state index in [9.17, 15) is 4.79 Å². The van der Waals surface area contributed by atoms with E-state index in [1.807, 2.05) is 0 Å². The van der Waals surface area contributed by atoms with Crippen molar-refractivity contribution in [2.24, 2.45) is 0 Å². The number of carbonyl (C=O) groups excluding carboxylic acids is 1. The van der Waals surface area contributed by atoms with Crippen LogP contribution in [0.5, 0.6) is 11.5 Å². The summed E-state index contributed by atoms with van der Waals surface area (Å²) in [5.74, 6) is 0.875. The Kier molecular flexibility index (Phi) is 3.15. The van der Waals surface area contributed by atoms with Crippen LogP contribution in [0.2, 0.25) is 0 Å². The standard InChI is InChI=1S/C12H11NO4/c1-13-9(6-12(14)15-2)8-3-4-10-11(5-8)17-7-16-10/h3-5,9H,6-7H2,2H3. The molecule has 1 heterocycles. The summed E-state index contributed by atoms with van der Waals surface area (Å²) in [4.78, 5) is 14.6. The number of rotatable bonds is 3. The van der Waals surface area contributed by atoms with Gasteiger partial charge >= 0.3 is 5.97 Å². The predicted molar refractivity (Wildman–Crippen MR) is 58.5 cm³/mol. The third kappa shape index (κ3) is 2.31. The average Bonchev–Trinajstić information content (AvgIpc) is 2.82. The first-order valence-electron chi connectivity index (χ1n) is 5.07. The van der Waals surface area contributed by atoms with Crippen molar-refractivity contribution in [2.45, 2.75) is 12.5 Å². The molecule has 0 radical (unpaired) electrons. The zero-order valence-electron chi connectivity index (χ0n) is 9.30. The van der Waals surface area contributed by atoms with Gasteiger partial charge in [0, 0.05) is 5.56 Å². The molecule has 1 unspecified atom stereocenters. The third-order valence-electron chi connectivity index (χ3n) is 2.52. The second-order valence-corrected chi connectivity index (χ2v) is 3.54. The highest BCUT2D eigenvalue weighted by atomic mass is 16.7. The number of esters is 1. The van der Waals surface area contributed by atoms with Gasteiger partial charge in [0.2, 0.25) is 6.79 Å². The molecule has 5 heteroatoms. The van der Waals surface area contributed by atoms with Gasteiger partial charge in [0.1, 0.15) is 6.42 Å². The zero-order chi connectivity index (χ0) is 12.3. The van der Waals surface area contributed by atoms with Crippen LogP contribution in [0.1, 0.15) is 18.0 Å². The van der Waals surface area contributed by atoms with Crippen molar-refractivity contribution < 1.29 is 19.0 Å². The van der Waals surface area contributed by atoms with E-state index in [2.05, 4.69) is 9.58 Å². The van der Waals surface area contributed by atoms with E-state index < -0.39 is 12.0 Å². The van der Waals surface area contributed by atoms with Gasteiger partial charge in [-0.25, -0.2) is 6.57 Å². The van der Waals surface area contributed by atoms with Crippen LogP contribution in [0.25, 0.3) is 4.85 Å². The highest BCUT2D eigenvalue weighted by molar-refractivity contribution is 5.70. The normalized spacial score (nSPS) is 13.9. The molecule has 0 saturated carbocycles. The quantitative estimate of drug-likeness (QED) is 0.591. The minimum Gasteiger partial charge on any atom is -0.469 e. The van der Waals surface area contributed by atoms with E-state index in [1.165, 1.54) is 7.11 Å². The van der Waals surface area contributed by atoms with Crippen LogP contribution in [-0.2, 0) is 9.53 Å². The number of fused-ring (bicyclic) bond motifs is 1. The van der Waals surface area contributed by atoms with Crippen molar-refractivity contribution in [3.05, 3.63) is 35.2 Å². The molecule has 0 saturated heterocycles. The topological polar surface area (TPSA) is 49.1 Å². The number of hydrogen-bond acceptors (Lipinski definition) is 4. The van der Waals surface area contributed by atoms with Crippen molar-refractivity contribution >= 4 is 5.97 Å². The maximum Gasteiger partial charge on any atom is 0.313 e. The molecule has 0 N–H and O–H groups in total. The molecule has 2 rings (SSSR count). The number of benzene rings is 1. The molecule has 1 atom stereocenters. The maximum absolute atomic E-state index is 11.2. The molecule has 5 nitrogen and oxygen atoms in total. The van der Waals surface area contributed by atoms with Crippen molar-refractivity contribution in [1.82, 2.24) is 0 Å². The zero-order valence-corrected chi connectivity index (χ0v) is 9.30. The fourth-order valence-electron chi connectivity index (χ4n) is 1.60. The largest absolute Gasteiger partial charge is 0.469 e. The molecule has 0 aliphatic carbocycles. The predicted octanol–water partition coefficient (Wildman–Crippen LogP) is 1.94. The lowest BCUT2D eigenvalue weighted by Gasteiger charge is -2.05. The van der Waals surface area contributed by atoms with Gasteiger partial charge in [0.25, 0.3) is 6.04 Å². The van der Waals surface area contributed by atoms with Crippen molar-refractivity contribution in [2.75, 3.05) is 13.9 Å². The van der Waals surface area contributed by atoms with Crippen molar-refractivity contribution in [3.63, 3.8) is 0 Å². The SMILES string of the molecule is [C-]#[N+]C(CC(=O)OC)c1ccc2c(c1)OCO2. The first-order chi connectivity index (χ1) is 8.24. The molecule has 0 bridgehead atoms. The molecule has 0 amide bonds. The summed E-state index contributed by atoms with van der Waals surface area (Å²) in [7, 11) is 1.31. The highest BCUT2D eigenvalue weighted by Gasteiger charge is 2.24. The van der Waals surface area contributed by atoms with E-state index in [4.69, 9.17) is 16.0 Å². The van der Waals surface area contributed by atoms with Crippen LogP contribution >= 0.6 is 0 Å². The van der Waals surface area contributed by atoms with Gasteiger partial charge in [-0.15, -0.1) is 0 Å². The highest BCUT2D eigenvalue weighted by Crippen LogP contribution is 2.35. The molecular formula is C12H11NO4. The minimum atomic E-state index is -0.544. The van der Waals surface area contributed by atoms with Gasteiger partial charge in [-0.3, -0.25) is 4.79 Å². The number of hydrogen-bond donors (Lipinski definition) is 0. The minimum absolute atomic E-state index is 0.0413. The van der Waals surface area contributed by atoms with E-state index in [0.717, 1.165) is 5.56 Å². The first-order valence-corrected chi connectivity index (χ1v) is 5.07. The Morgan fingerprint density at radius 3 is 3.00 bits per heavy atom. The van der Waals surface area contributed by atoms with Gasteiger partial charge in [-0.05, 0) is 18.2 Å². The van der Waals surface area contributed by atoms with Crippen molar-refractivity contribution in [1.29, 1.82) is 0 Å². The summed E-state index contributed by atoms with van der Waals surface area (Å²) >= 11 is 0. The van der Waals surface area contributed by atoms with Crippen LogP contribution in [0.4, 0.5) is 0 Å². The van der Waals surface area contributed by atoms with Gasteiger partial charge in [0.05, 0.1) is 7.11 Å². The molecule has 1 aromatic carbocycles. The summed E-state index contributed by atoms with van der Waals surface area (Å²) in [6.45, 7) is 7.30. The summed E-state index contributed by atoms with van der Waals surface area (Å²) in [6, 6.07) is 4.69. The lowest BCUT2D eigenvalue weighted by molar-refractivity contribution is -0.140. The monoisotopic (exact) mass is 233 g/mol. The summed E-state index contributed by atoms with van der Waals surface area (Å²) < 4.78 is 15.0. The second kappa shape index (κ2) is 4.74. The van der Waals surface area contributed by atoms with E-state index in [1.54, 1.807) is 18.2 Å². The number of methoxy groups -OCH3 is 1. The van der Waals surface area contributed by atoms with Crippen molar-refractivity contribution in [3.8, 4) is 11.5 Å². The summed E-state index contributed by atoms with van der Waals surface area (Å²) in [5.41, 5.74) is 0.731.